The molecular formula is C21H25FN2O2. The van der Waals surface area contributed by atoms with E-state index in [4.69, 9.17) is 4.74 Å². The van der Waals surface area contributed by atoms with E-state index in [2.05, 4.69) is 16.8 Å². The Balaban J connectivity index is 1.59. The number of hydrogen-bond donors (Lipinski definition) is 0. The zero-order valence-electron chi connectivity index (χ0n) is 15.4. The highest BCUT2D eigenvalue weighted by Gasteiger charge is 2.18. The molecular weight excluding hydrogens is 331 g/mol. The molecule has 5 heteroatoms. The highest BCUT2D eigenvalue weighted by Crippen LogP contribution is 2.20. The first-order chi connectivity index (χ1) is 12.5. The number of likely N-dealkylation sites (N-methyl/N-ethyl adjacent to an activating group) is 1. The van der Waals surface area contributed by atoms with Crippen molar-refractivity contribution in [2.45, 2.75) is 13.5 Å². The van der Waals surface area contributed by atoms with Crippen LogP contribution in [0.1, 0.15) is 21.5 Å². The molecule has 0 aromatic heterocycles. The van der Waals surface area contributed by atoms with E-state index in [-0.39, 0.29) is 11.5 Å². The van der Waals surface area contributed by atoms with Gasteiger partial charge in [0.1, 0.15) is 6.61 Å². The van der Waals surface area contributed by atoms with Crippen LogP contribution < -0.4 is 4.74 Å². The topological polar surface area (TPSA) is 32.8 Å². The van der Waals surface area contributed by atoms with Gasteiger partial charge in [0.15, 0.2) is 17.3 Å². The lowest BCUT2D eigenvalue weighted by molar-refractivity contribution is 0.0876. The monoisotopic (exact) mass is 356 g/mol. The Labute approximate surface area is 154 Å². The molecule has 138 valence electrons. The lowest BCUT2D eigenvalue weighted by atomic mass is 10.1. The Morgan fingerprint density at radius 1 is 1.12 bits per heavy atom. The molecule has 1 saturated heterocycles. The van der Waals surface area contributed by atoms with Crippen LogP contribution >= 0.6 is 0 Å². The van der Waals surface area contributed by atoms with Crippen molar-refractivity contribution in [3.63, 3.8) is 0 Å². The van der Waals surface area contributed by atoms with Gasteiger partial charge in [0, 0.05) is 31.7 Å². The van der Waals surface area contributed by atoms with Gasteiger partial charge < -0.3 is 9.64 Å². The normalized spacial score (nSPS) is 15.8. The first-order valence-corrected chi connectivity index (χ1v) is 8.93. The van der Waals surface area contributed by atoms with E-state index in [0.717, 1.165) is 37.3 Å². The van der Waals surface area contributed by atoms with Gasteiger partial charge in [-0.1, -0.05) is 29.8 Å². The van der Waals surface area contributed by atoms with Gasteiger partial charge in [-0.25, -0.2) is 4.39 Å². The predicted octanol–water partition coefficient (Wildman–Crippen LogP) is 3.14. The Bertz CT molecular complexity index is 770. The minimum absolute atomic E-state index is 0.0568. The summed E-state index contributed by atoms with van der Waals surface area (Å²) in [4.78, 5) is 16.8. The van der Waals surface area contributed by atoms with E-state index in [1.807, 2.05) is 31.2 Å². The largest absolute Gasteiger partial charge is 0.486 e. The molecule has 0 N–H and O–H groups in total. The first kappa shape index (κ1) is 18.5. The van der Waals surface area contributed by atoms with Crippen LogP contribution in [0.2, 0.25) is 0 Å². The van der Waals surface area contributed by atoms with E-state index in [9.17, 15) is 9.18 Å². The molecule has 2 aromatic rings. The molecule has 2 aromatic carbocycles. The van der Waals surface area contributed by atoms with E-state index in [1.54, 1.807) is 12.1 Å². The number of Topliss-reactive ketones (excluding diaryl/α,β-unsaturated/α-hetero) is 1. The van der Waals surface area contributed by atoms with Crippen LogP contribution in [0.4, 0.5) is 4.39 Å². The number of carbonyl (C=O) groups is 1. The molecule has 0 saturated carbocycles. The zero-order chi connectivity index (χ0) is 18.5. The summed E-state index contributed by atoms with van der Waals surface area (Å²) < 4.78 is 19.9. The Morgan fingerprint density at radius 2 is 1.88 bits per heavy atom. The van der Waals surface area contributed by atoms with E-state index in [0.29, 0.717) is 18.7 Å². The highest BCUT2D eigenvalue weighted by molar-refractivity contribution is 5.97. The van der Waals surface area contributed by atoms with Crippen molar-refractivity contribution in [3.05, 3.63) is 65.0 Å². The predicted molar refractivity (Wildman–Crippen MR) is 100 cm³/mol. The molecule has 1 aliphatic heterocycles. The number of piperazine rings is 1. The summed E-state index contributed by atoms with van der Waals surface area (Å²) in [5, 5.41) is 0. The van der Waals surface area contributed by atoms with E-state index >= 15 is 0 Å². The molecule has 0 atom stereocenters. The first-order valence-electron chi connectivity index (χ1n) is 8.93. The summed E-state index contributed by atoms with van der Waals surface area (Å²) in [7, 11) is 2.07. The Hall–Kier alpha value is -2.24. The molecule has 0 bridgehead atoms. The molecule has 4 nitrogen and oxygen atoms in total. The van der Waals surface area contributed by atoms with Gasteiger partial charge >= 0.3 is 0 Å². The second kappa shape index (κ2) is 8.43. The third-order valence-electron chi connectivity index (χ3n) is 4.69. The van der Waals surface area contributed by atoms with Crippen molar-refractivity contribution < 1.29 is 13.9 Å². The van der Waals surface area contributed by atoms with Crippen LogP contribution in [0.15, 0.2) is 42.5 Å². The average molecular weight is 356 g/mol. The van der Waals surface area contributed by atoms with Gasteiger partial charge in [0.2, 0.25) is 0 Å². The Kier molecular flexibility index (Phi) is 6.01. The summed E-state index contributed by atoms with van der Waals surface area (Å²) in [5.41, 5.74) is 2.51. The molecule has 1 aliphatic rings. The summed E-state index contributed by atoms with van der Waals surface area (Å²) in [6, 6.07) is 12.4. The highest BCUT2D eigenvalue weighted by atomic mass is 19.1. The van der Waals surface area contributed by atoms with Crippen LogP contribution in [0, 0.1) is 12.7 Å². The lowest BCUT2D eigenvalue weighted by Crippen LogP contribution is -2.46. The van der Waals surface area contributed by atoms with Gasteiger partial charge in [0.05, 0.1) is 6.54 Å². The minimum Gasteiger partial charge on any atom is -0.486 e. The number of halogens is 1. The summed E-state index contributed by atoms with van der Waals surface area (Å²) in [6.45, 7) is 6.26. The average Bonchev–Trinajstić information content (AvgIpc) is 2.62. The zero-order valence-corrected chi connectivity index (χ0v) is 15.4. The summed E-state index contributed by atoms with van der Waals surface area (Å²) >= 11 is 0. The number of rotatable bonds is 6. The van der Waals surface area contributed by atoms with Gasteiger partial charge in [-0.2, -0.15) is 0 Å². The number of hydrogen-bond acceptors (Lipinski definition) is 4. The van der Waals surface area contributed by atoms with Crippen LogP contribution in [-0.2, 0) is 6.61 Å². The third-order valence-corrected chi connectivity index (χ3v) is 4.69. The molecule has 3 rings (SSSR count). The number of nitrogens with zero attached hydrogens (tertiary/aromatic N) is 2. The minimum atomic E-state index is -0.498. The molecule has 0 spiro atoms. The standard InChI is InChI=1S/C21H25FN2O2/c1-16-4-3-5-17(12-16)15-26-21-7-6-18(13-19(21)22)20(25)14-24-10-8-23(2)9-11-24/h3-7,12-13H,8-11,14-15H2,1-2H3. The maximum absolute atomic E-state index is 14.3. The quantitative estimate of drug-likeness (QED) is 0.745. The molecule has 26 heavy (non-hydrogen) atoms. The fraction of sp³-hybridized carbons (Fsp3) is 0.381. The van der Waals surface area contributed by atoms with Crippen LogP contribution in [0.25, 0.3) is 0 Å². The van der Waals surface area contributed by atoms with Crippen molar-refractivity contribution in [3.8, 4) is 5.75 Å². The van der Waals surface area contributed by atoms with Gasteiger partial charge in [-0.3, -0.25) is 9.69 Å². The van der Waals surface area contributed by atoms with Crippen molar-refractivity contribution in [1.82, 2.24) is 9.80 Å². The molecule has 0 aliphatic carbocycles. The van der Waals surface area contributed by atoms with Gasteiger partial charge in [0.25, 0.3) is 0 Å². The number of ketones is 1. The molecule has 1 heterocycles. The van der Waals surface area contributed by atoms with Crippen molar-refractivity contribution in [2.24, 2.45) is 0 Å². The number of aryl methyl sites for hydroxylation is 1. The van der Waals surface area contributed by atoms with Crippen LogP contribution in [0.3, 0.4) is 0 Å². The second-order valence-corrected chi connectivity index (χ2v) is 6.93. The number of carbonyl (C=O) groups excluding carboxylic acids is 1. The Morgan fingerprint density at radius 3 is 2.58 bits per heavy atom. The molecule has 0 unspecified atom stereocenters. The van der Waals surface area contributed by atoms with Crippen molar-refractivity contribution in [2.75, 3.05) is 39.8 Å². The third kappa shape index (κ3) is 4.90. The number of benzene rings is 2. The lowest BCUT2D eigenvalue weighted by Gasteiger charge is -2.31. The summed E-state index contributed by atoms with van der Waals surface area (Å²) in [6.07, 6.45) is 0. The summed E-state index contributed by atoms with van der Waals surface area (Å²) in [5.74, 6) is -0.386. The SMILES string of the molecule is Cc1cccc(COc2ccc(C(=O)CN3CCN(C)CC3)cc2F)c1. The van der Waals surface area contributed by atoms with Gasteiger partial charge in [-0.05, 0) is 37.7 Å². The van der Waals surface area contributed by atoms with Crippen molar-refractivity contribution >= 4 is 5.78 Å². The molecule has 0 amide bonds. The maximum Gasteiger partial charge on any atom is 0.176 e. The second-order valence-electron chi connectivity index (χ2n) is 6.93. The molecule has 0 radical (unpaired) electrons. The van der Waals surface area contributed by atoms with Crippen molar-refractivity contribution in [1.29, 1.82) is 0 Å². The van der Waals surface area contributed by atoms with Crippen LogP contribution in [-0.4, -0.2) is 55.4 Å². The van der Waals surface area contributed by atoms with E-state index in [1.165, 1.54) is 6.07 Å². The number of ether oxygens (including phenoxy) is 1. The smallest absolute Gasteiger partial charge is 0.176 e. The maximum atomic E-state index is 14.3. The fourth-order valence-corrected chi connectivity index (χ4v) is 3.05. The molecule has 1 fully saturated rings. The van der Waals surface area contributed by atoms with Gasteiger partial charge in [-0.15, -0.1) is 0 Å². The van der Waals surface area contributed by atoms with E-state index < -0.39 is 5.82 Å². The van der Waals surface area contributed by atoms with Crippen LogP contribution in [0.5, 0.6) is 5.75 Å². The fourth-order valence-electron chi connectivity index (χ4n) is 3.05.